The molecule has 20 heavy (non-hydrogen) atoms. The summed E-state index contributed by atoms with van der Waals surface area (Å²) in [5.41, 5.74) is 1.68. The third kappa shape index (κ3) is 4.17. The number of carbonyl (C=O) groups is 1. The van der Waals surface area contributed by atoms with Crippen LogP contribution in [0.15, 0.2) is 30.3 Å². The fourth-order valence-electron chi connectivity index (χ4n) is 1.82. The molecule has 0 aliphatic heterocycles. The monoisotopic (exact) mass is 276 g/mol. The maximum atomic E-state index is 12.8. The normalized spacial score (nSPS) is 10.8. The molecular formula is C14H17FN4O. The van der Waals surface area contributed by atoms with Crippen molar-refractivity contribution in [2.75, 3.05) is 19.4 Å². The van der Waals surface area contributed by atoms with Crippen LogP contribution >= 0.6 is 0 Å². The van der Waals surface area contributed by atoms with Crippen LogP contribution in [0.1, 0.15) is 11.3 Å². The molecule has 0 aliphatic carbocycles. The van der Waals surface area contributed by atoms with Gasteiger partial charge in [0.25, 0.3) is 0 Å². The third-order valence-electron chi connectivity index (χ3n) is 2.66. The molecule has 6 heteroatoms. The third-order valence-corrected chi connectivity index (χ3v) is 2.66. The van der Waals surface area contributed by atoms with E-state index in [1.165, 1.54) is 12.1 Å². The van der Waals surface area contributed by atoms with Gasteiger partial charge in [-0.2, -0.15) is 5.10 Å². The van der Waals surface area contributed by atoms with Gasteiger partial charge in [0.2, 0.25) is 5.91 Å². The summed E-state index contributed by atoms with van der Waals surface area (Å²) in [7, 11) is 3.90. The van der Waals surface area contributed by atoms with Gasteiger partial charge in [0.1, 0.15) is 5.82 Å². The van der Waals surface area contributed by atoms with Crippen LogP contribution < -0.4 is 5.32 Å². The highest BCUT2D eigenvalue weighted by atomic mass is 19.1. The second-order valence-electron chi connectivity index (χ2n) is 4.87. The molecule has 0 radical (unpaired) electrons. The molecule has 0 saturated carbocycles. The number of hydrogen-bond acceptors (Lipinski definition) is 3. The molecule has 5 nitrogen and oxygen atoms in total. The first-order valence-electron chi connectivity index (χ1n) is 6.26. The summed E-state index contributed by atoms with van der Waals surface area (Å²) < 4.78 is 12.8. The zero-order valence-corrected chi connectivity index (χ0v) is 11.5. The summed E-state index contributed by atoms with van der Waals surface area (Å²) >= 11 is 0. The van der Waals surface area contributed by atoms with Gasteiger partial charge in [-0.3, -0.25) is 9.89 Å². The molecule has 0 saturated heterocycles. The first-order chi connectivity index (χ1) is 9.52. The summed E-state index contributed by atoms with van der Waals surface area (Å²) in [5, 5.41) is 9.58. The lowest BCUT2D eigenvalue weighted by Gasteiger charge is -2.05. The Morgan fingerprint density at radius 3 is 2.70 bits per heavy atom. The Morgan fingerprint density at radius 1 is 1.35 bits per heavy atom. The molecule has 0 aliphatic rings. The zero-order valence-electron chi connectivity index (χ0n) is 11.5. The average Bonchev–Trinajstić information content (AvgIpc) is 2.78. The lowest BCUT2D eigenvalue weighted by molar-refractivity contribution is -0.115. The van der Waals surface area contributed by atoms with Gasteiger partial charge in [0.15, 0.2) is 5.82 Å². The smallest absolute Gasteiger partial charge is 0.229 e. The van der Waals surface area contributed by atoms with Crippen molar-refractivity contribution in [3.05, 3.63) is 47.4 Å². The van der Waals surface area contributed by atoms with Gasteiger partial charge in [0.05, 0.1) is 12.1 Å². The molecule has 1 amide bonds. The van der Waals surface area contributed by atoms with Crippen LogP contribution in [-0.2, 0) is 17.8 Å². The van der Waals surface area contributed by atoms with E-state index in [1.54, 1.807) is 18.2 Å². The van der Waals surface area contributed by atoms with Crippen LogP contribution in [0.2, 0.25) is 0 Å². The Kier molecular flexibility index (Phi) is 4.47. The van der Waals surface area contributed by atoms with Crippen molar-refractivity contribution in [3.8, 4) is 0 Å². The van der Waals surface area contributed by atoms with Crippen LogP contribution in [0, 0.1) is 5.82 Å². The molecule has 2 N–H and O–H groups in total. The van der Waals surface area contributed by atoms with E-state index in [0.717, 1.165) is 17.8 Å². The molecule has 0 unspecified atom stereocenters. The van der Waals surface area contributed by atoms with Gasteiger partial charge >= 0.3 is 0 Å². The van der Waals surface area contributed by atoms with Crippen molar-refractivity contribution >= 4 is 11.7 Å². The molecule has 1 aromatic heterocycles. The van der Waals surface area contributed by atoms with Crippen LogP contribution in [0.3, 0.4) is 0 Å². The molecule has 0 bridgehead atoms. The Labute approximate surface area is 116 Å². The minimum absolute atomic E-state index is 0.181. The van der Waals surface area contributed by atoms with E-state index in [1.807, 2.05) is 19.0 Å². The highest BCUT2D eigenvalue weighted by Gasteiger charge is 2.07. The van der Waals surface area contributed by atoms with E-state index in [9.17, 15) is 9.18 Å². The number of nitrogens with one attached hydrogen (secondary N) is 2. The van der Waals surface area contributed by atoms with Crippen molar-refractivity contribution in [1.29, 1.82) is 0 Å². The fourth-order valence-corrected chi connectivity index (χ4v) is 1.82. The highest BCUT2D eigenvalue weighted by Crippen LogP contribution is 2.09. The summed E-state index contributed by atoms with van der Waals surface area (Å²) in [5.74, 6) is 0.00302. The Balaban J connectivity index is 1.91. The van der Waals surface area contributed by atoms with Crippen molar-refractivity contribution < 1.29 is 9.18 Å². The van der Waals surface area contributed by atoms with Gasteiger partial charge in [-0.05, 0) is 31.8 Å². The number of hydrogen-bond donors (Lipinski definition) is 2. The second-order valence-corrected chi connectivity index (χ2v) is 4.87. The standard InChI is InChI=1S/C14H17FN4O/c1-19(2)9-12-8-13(18-17-12)16-14(20)7-10-3-5-11(15)6-4-10/h3-6,8H,7,9H2,1-2H3,(H2,16,17,18,20). The molecule has 0 atom stereocenters. The lowest BCUT2D eigenvalue weighted by atomic mass is 10.1. The largest absolute Gasteiger partial charge is 0.309 e. The van der Waals surface area contributed by atoms with E-state index in [2.05, 4.69) is 15.5 Å². The first kappa shape index (κ1) is 14.2. The fraction of sp³-hybridized carbons (Fsp3) is 0.286. The number of aromatic amines is 1. The van der Waals surface area contributed by atoms with Gasteiger partial charge in [-0.1, -0.05) is 12.1 Å². The van der Waals surface area contributed by atoms with Crippen LogP contribution in [-0.4, -0.2) is 35.1 Å². The van der Waals surface area contributed by atoms with E-state index >= 15 is 0 Å². The number of anilines is 1. The molecule has 1 heterocycles. The minimum atomic E-state index is -0.310. The first-order valence-corrected chi connectivity index (χ1v) is 6.26. The number of amides is 1. The van der Waals surface area contributed by atoms with Crippen molar-refractivity contribution in [2.45, 2.75) is 13.0 Å². The predicted molar refractivity (Wildman–Crippen MR) is 74.7 cm³/mol. The molecule has 1 aromatic carbocycles. The summed E-state index contributed by atoms with van der Waals surface area (Å²) in [6, 6.07) is 7.66. The number of H-pyrrole nitrogens is 1. The number of carbonyl (C=O) groups excluding carboxylic acids is 1. The SMILES string of the molecule is CN(C)Cc1cc(NC(=O)Cc2ccc(F)cc2)n[nH]1. The molecule has 0 spiro atoms. The Morgan fingerprint density at radius 2 is 2.05 bits per heavy atom. The van der Waals surface area contributed by atoms with E-state index < -0.39 is 0 Å². The quantitative estimate of drug-likeness (QED) is 0.875. The average molecular weight is 276 g/mol. The molecular weight excluding hydrogens is 259 g/mol. The summed E-state index contributed by atoms with van der Waals surface area (Å²) in [4.78, 5) is 13.8. The zero-order chi connectivity index (χ0) is 14.5. The van der Waals surface area contributed by atoms with Crippen LogP contribution in [0.4, 0.5) is 10.2 Å². The molecule has 106 valence electrons. The molecule has 2 aromatic rings. The van der Waals surface area contributed by atoms with Gasteiger partial charge in [-0.15, -0.1) is 0 Å². The Hall–Kier alpha value is -2.21. The maximum Gasteiger partial charge on any atom is 0.229 e. The van der Waals surface area contributed by atoms with Crippen LogP contribution in [0.25, 0.3) is 0 Å². The number of benzene rings is 1. The second kappa shape index (κ2) is 6.29. The number of nitrogens with zero attached hydrogens (tertiary/aromatic N) is 2. The minimum Gasteiger partial charge on any atom is -0.309 e. The number of rotatable bonds is 5. The topological polar surface area (TPSA) is 61.0 Å². The Bertz CT molecular complexity index is 577. The van der Waals surface area contributed by atoms with E-state index in [4.69, 9.17) is 0 Å². The highest BCUT2D eigenvalue weighted by molar-refractivity contribution is 5.91. The van der Waals surface area contributed by atoms with Crippen molar-refractivity contribution in [1.82, 2.24) is 15.1 Å². The summed E-state index contributed by atoms with van der Waals surface area (Å²) in [6.07, 6.45) is 0.191. The number of halogens is 1. The molecule has 2 rings (SSSR count). The van der Waals surface area contributed by atoms with Crippen molar-refractivity contribution in [3.63, 3.8) is 0 Å². The maximum absolute atomic E-state index is 12.8. The summed E-state index contributed by atoms with van der Waals surface area (Å²) in [6.45, 7) is 0.723. The van der Waals surface area contributed by atoms with Gasteiger partial charge in [0, 0.05) is 12.6 Å². The van der Waals surface area contributed by atoms with Crippen molar-refractivity contribution in [2.24, 2.45) is 0 Å². The van der Waals surface area contributed by atoms with Gasteiger partial charge in [-0.25, -0.2) is 4.39 Å². The predicted octanol–water partition coefficient (Wildman–Crippen LogP) is 1.79. The van der Waals surface area contributed by atoms with Gasteiger partial charge < -0.3 is 10.2 Å². The molecule has 0 fully saturated rings. The van der Waals surface area contributed by atoms with E-state index in [0.29, 0.717) is 5.82 Å². The van der Waals surface area contributed by atoms with Crippen LogP contribution in [0.5, 0.6) is 0 Å². The van der Waals surface area contributed by atoms with E-state index in [-0.39, 0.29) is 18.1 Å². The lowest BCUT2D eigenvalue weighted by Crippen LogP contribution is -2.14. The number of aromatic nitrogens is 2.